The Kier molecular flexibility index (Phi) is 26.6. The van der Waals surface area contributed by atoms with Crippen LogP contribution < -0.4 is 5.32 Å². The molecule has 0 bridgehead atoms. The zero-order valence-electron chi connectivity index (χ0n) is 24.9. The van der Waals surface area contributed by atoms with E-state index in [9.17, 15) is 25.2 Å². The van der Waals surface area contributed by atoms with E-state index < -0.39 is 36.9 Å². The summed E-state index contributed by atoms with van der Waals surface area (Å²) in [6, 6.07) is -1.01. The number of hydrogen-bond donors (Lipinski definition) is 5. The van der Waals surface area contributed by atoms with Crippen molar-refractivity contribution in [2.45, 2.75) is 147 Å². The zero-order chi connectivity index (χ0) is 29.0. The van der Waals surface area contributed by atoms with Crippen molar-refractivity contribution in [1.29, 1.82) is 0 Å². The molecule has 0 fully saturated rings. The van der Waals surface area contributed by atoms with Crippen LogP contribution in [0.5, 0.6) is 0 Å². The molecule has 6 heteroatoms. The summed E-state index contributed by atoms with van der Waals surface area (Å²) >= 11 is 0. The molecule has 226 valence electrons. The topological polar surface area (TPSA) is 110 Å². The van der Waals surface area contributed by atoms with Crippen molar-refractivity contribution in [1.82, 2.24) is 5.32 Å². The maximum Gasteiger partial charge on any atom is 0.249 e. The van der Waals surface area contributed by atoms with Crippen molar-refractivity contribution in [3.05, 3.63) is 48.6 Å². The SMILES string of the molecule is C/C=C/CC/C=C/CC/C=C/CCCC(O)C(O)C(CO)NC(=O)C(O)CCCCCC/C=C\CCCCC. The van der Waals surface area contributed by atoms with Gasteiger partial charge in [0.15, 0.2) is 0 Å². The summed E-state index contributed by atoms with van der Waals surface area (Å²) in [5, 5.41) is 43.1. The lowest BCUT2D eigenvalue weighted by molar-refractivity contribution is -0.132. The normalized spacial score (nSPS) is 15.5. The molecule has 4 atom stereocenters. The molecule has 0 aromatic heterocycles. The molecule has 1 amide bonds. The van der Waals surface area contributed by atoms with Gasteiger partial charge in [0.25, 0.3) is 0 Å². The molecular weight excluding hydrogens is 490 g/mol. The molecule has 0 spiro atoms. The fourth-order valence-electron chi connectivity index (χ4n) is 4.26. The summed E-state index contributed by atoms with van der Waals surface area (Å²) in [6.45, 7) is 3.73. The van der Waals surface area contributed by atoms with Crippen LogP contribution in [0.15, 0.2) is 48.6 Å². The van der Waals surface area contributed by atoms with Gasteiger partial charge in [0.1, 0.15) is 12.2 Å². The molecule has 6 nitrogen and oxygen atoms in total. The summed E-state index contributed by atoms with van der Waals surface area (Å²) < 4.78 is 0. The summed E-state index contributed by atoms with van der Waals surface area (Å²) in [4.78, 5) is 12.3. The van der Waals surface area contributed by atoms with E-state index >= 15 is 0 Å². The number of nitrogens with one attached hydrogen (secondary N) is 1. The lowest BCUT2D eigenvalue weighted by Gasteiger charge is -2.27. The summed E-state index contributed by atoms with van der Waals surface area (Å²) in [7, 11) is 0. The molecule has 5 N–H and O–H groups in total. The number of aliphatic hydroxyl groups excluding tert-OH is 4. The van der Waals surface area contributed by atoms with Crippen molar-refractivity contribution < 1.29 is 25.2 Å². The number of rotatable bonds is 26. The predicted octanol–water partition coefficient (Wildman–Crippen LogP) is 6.44. The number of amides is 1. The average Bonchev–Trinajstić information content (AvgIpc) is 2.94. The van der Waals surface area contributed by atoms with Crippen LogP contribution in [0.3, 0.4) is 0 Å². The van der Waals surface area contributed by atoms with Gasteiger partial charge in [-0.2, -0.15) is 0 Å². The van der Waals surface area contributed by atoms with Gasteiger partial charge in [0.2, 0.25) is 5.91 Å². The molecule has 0 radical (unpaired) electrons. The fraction of sp³-hybridized carbons (Fsp3) is 0.727. The number of allylic oxidation sites excluding steroid dienone is 8. The minimum Gasteiger partial charge on any atom is -0.394 e. The standard InChI is InChI=1S/C33H59NO5/c1-3-5-7-9-11-13-15-17-18-20-22-24-26-30(36)32(38)29(28-35)34-33(39)31(37)27-25-23-21-19-16-14-12-10-8-6-4-2/h3,5,11-14,18,20,29-32,35-38H,4,6-10,15-17,19,21-28H2,1-2H3,(H,34,39)/b5-3+,13-11+,14-12-,20-18+. The van der Waals surface area contributed by atoms with Gasteiger partial charge in [0, 0.05) is 0 Å². The highest BCUT2D eigenvalue weighted by Crippen LogP contribution is 2.12. The Morgan fingerprint density at radius 2 is 1.18 bits per heavy atom. The van der Waals surface area contributed by atoms with Crippen molar-refractivity contribution in [2.75, 3.05) is 6.61 Å². The Labute approximate surface area is 239 Å². The van der Waals surface area contributed by atoms with Crippen molar-refractivity contribution >= 4 is 5.91 Å². The highest BCUT2D eigenvalue weighted by molar-refractivity contribution is 5.80. The molecule has 0 rings (SSSR count). The lowest BCUT2D eigenvalue weighted by atomic mass is 10.00. The number of carbonyl (C=O) groups is 1. The van der Waals surface area contributed by atoms with Crippen LogP contribution in [0.2, 0.25) is 0 Å². The quantitative estimate of drug-likeness (QED) is 0.0630. The van der Waals surface area contributed by atoms with Gasteiger partial charge in [-0.25, -0.2) is 0 Å². The van der Waals surface area contributed by atoms with Crippen LogP contribution in [0.1, 0.15) is 123 Å². The molecular formula is C33H59NO5. The van der Waals surface area contributed by atoms with E-state index in [1.54, 1.807) is 0 Å². The zero-order valence-corrected chi connectivity index (χ0v) is 24.9. The second-order valence-electron chi connectivity index (χ2n) is 10.4. The predicted molar refractivity (Wildman–Crippen MR) is 163 cm³/mol. The minimum atomic E-state index is -1.29. The van der Waals surface area contributed by atoms with Crippen LogP contribution in [0.4, 0.5) is 0 Å². The van der Waals surface area contributed by atoms with Gasteiger partial charge in [-0.3, -0.25) is 4.79 Å². The summed E-state index contributed by atoms with van der Waals surface area (Å²) in [5.41, 5.74) is 0. The van der Waals surface area contributed by atoms with E-state index in [0.717, 1.165) is 70.6 Å². The molecule has 0 aromatic carbocycles. The van der Waals surface area contributed by atoms with Crippen LogP contribution in [-0.4, -0.2) is 57.3 Å². The lowest BCUT2D eigenvalue weighted by Crippen LogP contribution is -2.53. The minimum absolute atomic E-state index is 0.341. The molecule has 39 heavy (non-hydrogen) atoms. The van der Waals surface area contributed by atoms with E-state index in [1.807, 2.05) is 6.92 Å². The molecule has 0 saturated carbocycles. The number of unbranched alkanes of at least 4 members (excludes halogenated alkanes) is 10. The Bertz CT molecular complexity index is 673. The Morgan fingerprint density at radius 1 is 0.667 bits per heavy atom. The first-order valence-corrected chi connectivity index (χ1v) is 15.5. The Morgan fingerprint density at radius 3 is 1.74 bits per heavy atom. The highest BCUT2D eigenvalue weighted by Gasteiger charge is 2.28. The third-order valence-electron chi connectivity index (χ3n) is 6.81. The van der Waals surface area contributed by atoms with Gasteiger partial charge >= 0.3 is 0 Å². The number of aliphatic hydroxyl groups is 4. The van der Waals surface area contributed by atoms with Crippen molar-refractivity contribution in [3.63, 3.8) is 0 Å². The Hall–Kier alpha value is -1.73. The van der Waals surface area contributed by atoms with Crippen LogP contribution >= 0.6 is 0 Å². The van der Waals surface area contributed by atoms with E-state index in [1.165, 1.54) is 19.3 Å². The van der Waals surface area contributed by atoms with Gasteiger partial charge in [-0.15, -0.1) is 0 Å². The maximum absolute atomic E-state index is 12.3. The van der Waals surface area contributed by atoms with Crippen LogP contribution in [0.25, 0.3) is 0 Å². The van der Waals surface area contributed by atoms with Gasteiger partial charge in [0.05, 0.1) is 18.8 Å². The molecule has 0 aliphatic carbocycles. The fourth-order valence-corrected chi connectivity index (χ4v) is 4.26. The average molecular weight is 550 g/mol. The van der Waals surface area contributed by atoms with E-state index in [4.69, 9.17) is 0 Å². The third kappa shape index (κ3) is 22.8. The van der Waals surface area contributed by atoms with E-state index in [-0.39, 0.29) is 0 Å². The second kappa shape index (κ2) is 27.8. The largest absolute Gasteiger partial charge is 0.394 e. The smallest absolute Gasteiger partial charge is 0.249 e. The highest BCUT2D eigenvalue weighted by atomic mass is 16.3. The van der Waals surface area contributed by atoms with Gasteiger partial charge in [-0.1, -0.05) is 87.6 Å². The van der Waals surface area contributed by atoms with Crippen molar-refractivity contribution in [3.8, 4) is 0 Å². The van der Waals surface area contributed by atoms with Crippen LogP contribution in [-0.2, 0) is 4.79 Å². The van der Waals surface area contributed by atoms with Gasteiger partial charge < -0.3 is 25.7 Å². The molecule has 0 aliphatic rings. The first-order valence-electron chi connectivity index (χ1n) is 15.5. The van der Waals surface area contributed by atoms with Crippen molar-refractivity contribution in [2.24, 2.45) is 0 Å². The molecule has 0 aromatic rings. The summed E-state index contributed by atoms with van der Waals surface area (Å²) in [6.07, 6.45) is 30.0. The number of carbonyl (C=O) groups excluding carboxylic acids is 1. The third-order valence-corrected chi connectivity index (χ3v) is 6.81. The first-order chi connectivity index (χ1) is 19.0. The van der Waals surface area contributed by atoms with E-state index in [2.05, 4.69) is 60.8 Å². The van der Waals surface area contributed by atoms with Crippen LogP contribution in [0, 0.1) is 0 Å². The van der Waals surface area contributed by atoms with Gasteiger partial charge in [-0.05, 0) is 84.0 Å². The molecule has 0 aliphatic heterocycles. The monoisotopic (exact) mass is 549 g/mol. The number of hydrogen-bond acceptors (Lipinski definition) is 5. The summed E-state index contributed by atoms with van der Waals surface area (Å²) in [5.74, 6) is -0.617. The Balaban J connectivity index is 4.03. The molecule has 4 unspecified atom stereocenters. The maximum atomic E-state index is 12.3. The molecule has 0 heterocycles. The molecule has 0 saturated heterocycles. The first kappa shape index (κ1) is 37.3. The second-order valence-corrected chi connectivity index (χ2v) is 10.4. The van der Waals surface area contributed by atoms with E-state index in [0.29, 0.717) is 19.3 Å².